The fraction of sp³-hybridized carbons (Fsp3) is 0.625. The van der Waals surface area contributed by atoms with Crippen molar-refractivity contribution < 1.29 is 9.47 Å². The molecule has 5 nitrogen and oxygen atoms in total. The van der Waals surface area contributed by atoms with E-state index in [1.165, 1.54) is 0 Å². The normalized spacial score (nSPS) is 21.2. The monoisotopic (exact) mass is 293 g/mol. The highest BCUT2D eigenvalue weighted by atomic mass is 16.5. The van der Waals surface area contributed by atoms with E-state index in [2.05, 4.69) is 30.2 Å². The number of nitrogens with zero attached hydrogens (tertiary/aromatic N) is 1. The van der Waals surface area contributed by atoms with Gasteiger partial charge >= 0.3 is 0 Å². The first kappa shape index (κ1) is 16.2. The minimum Gasteiger partial charge on any atom is -0.493 e. The number of benzene rings is 1. The van der Waals surface area contributed by atoms with Gasteiger partial charge in [0.25, 0.3) is 0 Å². The molecule has 1 fully saturated rings. The molecule has 21 heavy (non-hydrogen) atoms. The van der Waals surface area contributed by atoms with Gasteiger partial charge in [-0.1, -0.05) is 32.0 Å². The van der Waals surface area contributed by atoms with Crippen molar-refractivity contribution in [2.45, 2.75) is 32.4 Å². The molecule has 0 spiro atoms. The summed E-state index contributed by atoms with van der Waals surface area (Å²) in [4.78, 5) is 2.38. The molecular formula is C16H27N3O2. The first-order valence-electron chi connectivity index (χ1n) is 7.82. The number of likely N-dealkylation sites (N-methyl/N-ethyl adjacent to an activating group) is 1. The molecule has 1 aliphatic rings. The molecule has 1 aromatic carbocycles. The summed E-state index contributed by atoms with van der Waals surface area (Å²) in [5.41, 5.74) is 3.98. The summed E-state index contributed by atoms with van der Waals surface area (Å²) in [6.45, 7) is 8.63. The molecule has 0 radical (unpaired) electrons. The molecule has 3 N–H and O–H groups in total. The van der Waals surface area contributed by atoms with Crippen LogP contribution in [0.2, 0.25) is 0 Å². The molecule has 0 bridgehead atoms. The van der Waals surface area contributed by atoms with Crippen LogP contribution < -0.4 is 16.0 Å². The third-order valence-corrected chi connectivity index (χ3v) is 3.89. The number of hydrazine groups is 1. The molecule has 1 aliphatic heterocycles. The zero-order valence-electron chi connectivity index (χ0n) is 13.0. The fourth-order valence-electron chi connectivity index (χ4n) is 2.70. The lowest BCUT2D eigenvalue weighted by molar-refractivity contribution is -0.0460. The number of para-hydroxylation sites is 1. The van der Waals surface area contributed by atoms with Crippen molar-refractivity contribution in [1.29, 1.82) is 0 Å². The third-order valence-electron chi connectivity index (χ3n) is 3.89. The Morgan fingerprint density at radius 1 is 1.43 bits per heavy atom. The lowest BCUT2D eigenvalue weighted by atomic mass is 9.99. The van der Waals surface area contributed by atoms with Crippen LogP contribution in [0.1, 0.15) is 31.9 Å². The van der Waals surface area contributed by atoms with E-state index in [1.54, 1.807) is 0 Å². The summed E-state index contributed by atoms with van der Waals surface area (Å²) in [6.07, 6.45) is 1.02. The second-order valence-electron chi connectivity index (χ2n) is 5.33. The molecule has 118 valence electrons. The smallest absolute Gasteiger partial charge is 0.124 e. The van der Waals surface area contributed by atoms with Crippen LogP contribution in [0.15, 0.2) is 24.3 Å². The van der Waals surface area contributed by atoms with Gasteiger partial charge in [-0.2, -0.15) is 0 Å². The van der Waals surface area contributed by atoms with Crippen molar-refractivity contribution in [3.8, 4) is 5.75 Å². The maximum atomic E-state index is 5.94. The second kappa shape index (κ2) is 8.34. The van der Waals surface area contributed by atoms with Crippen LogP contribution in [0.5, 0.6) is 5.75 Å². The average Bonchev–Trinajstić information content (AvgIpc) is 2.55. The van der Waals surface area contributed by atoms with Crippen LogP contribution in [0.4, 0.5) is 0 Å². The highest BCUT2D eigenvalue weighted by molar-refractivity contribution is 5.36. The van der Waals surface area contributed by atoms with Crippen molar-refractivity contribution in [2.75, 3.05) is 32.8 Å². The lowest BCUT2D eigenvalue weighted by Gasteiger charge is -2.36. The Kier molecular flexibility index (Phi) is 6.45. The average molecular weight is 293 g/mol. The summed E-state index contributed by atoms with van der Waals surface area (Å²) < 4.78 is 11.8. The Bertz CT molecular complexity index is 428. The van der Waals surface area contributed by atoms with E-state index in [4.69, 9.17) is 15.3 Å². The predicted octanol–water partition coefficient (Wildman–Crippen LogP) is 1.70. The number of hydrogen-bond donors (Lipinski definition) is 2. The molecule has 2 rings (SSSR count). The van der Waals surface area contributed by atoms with E-state index >= 15 is 0 Å². The molecule has 1 saturated heterocycles. The largest absolute Gasteiger partial charge is 0.493 e. The van der Waals surface area contributed by atoms with Gasteiger partial charge in [0.1, 0.15) is 5.75 Å². The second-order valence-corrected chi connectivity index (χ2v) is 5.33. The summed E-state index contributed by atoms with van der Waals surface area (Å²) in [5, 5.41) is 0. The highest BCUT2D eigenvalue weighted by Gasteiger charge is 2.29. The first-order valence-corrected chi connectivity index (χ1v) is 7.82. The number of nitrogens with two attached hydrogens (primary N) is 1. The van der Waals surface area contributed by atoms with E-state index in [9.17, 15) is 0 Å². The minimum absolute atomic E-state index is 0.0371. The highest BCUT2D eigenvalue weighted by Crippen LogP contribution is 2.29. The molecule has 0 aliphatic carbocycles. The number of morpholine rings is 1. The molecule has 1 aromatic rings. The van der Waals surface area contributed by atoms with Crippen LogP contribution in [-0.4, -0.2) is 43.9 Å². The Morgan fingerprint density at radius 3 is 2.95 bits per heavy atom. The number of ether oxygens (including phenoxy) is 2. The van der Waals surface area contributed by atoms with E-state index in [0.717, 1.165) is 44.0 Å². The van der Waals surface area contributed by atoms with Gasteiger partial charge < -0.3 is 9.47 Å². The zero-order chi connectivity index (χ0) is 15.1. The van der Waals surface area contributed by atoms with Crippen molar-refractivity contribution in [1.82, 2.24) is 10.3 Å². The van der Waals surface area contributed by atoms with Gasteiger partial charge in [0.2, 0.25) is 0 Å². The van der Waals surface area contributed by atoms with Crippen molar-refractivity contribution >= 4 is 0 Å². The van der Waals surface area contributed by atoms with Gasteiger partial charge in [-0.3, -0.25) is 16.2 Å². The van der Waals surface area contributed by atoms with Gasteiger partial charge in [-0.05, 0) is 19.0 Å². The quantitative estimate of drug-likeness (QED) is 0.592. The molecule has 2 unspecified atom stereocenters. The van der Waals surface area contributed by atoms with Gasteiger partial charge in [0.15, 0.2) is 0 Å². The standard InChI is InChI=1S/C16H27N3O2/c1-3-10-20-14-8-6-5-7-13(14)16(18-17)15-12-19(4-2)9-11-21-15/h5-8,15-16,18H,3-4,9-12,17H2,1-2H3. The predicted molar refractivity (Wildman–Crippen MR) is 84.1 cm³/mol. The Morgan fingerprint density at radius 2 is 2.24 bits per heavy atom. The number of nitrogens with one attached hydrogen (secondary N) is 1. The van der Waals surface area contributed by atoms with E-state index in [1.807, 2.05) is 18.2 Å². The van der Waals surface area contributed by atoms with Crippen molar-refractivity contribution in [3.05, 3.63) is 29.8 Å². The van der Waals surface area contributed by atoms with E-state index in [0.29, 0.717) is 6.61 Å². The fourth-order valence-corrected chi connectivity index (χ4v) is 2.70. The number of hydrogen-bond acceptors (Lipinski definition) is 5. The summed E-state index contributed by atoms with van der Waals surface area (Å²) in [7, 11) is 0. The minimum atomic E-state index is -0.0626. The maximum Gasteiger partial charge on any atom is 0.124 e. The van der Waals surface area contributed by atoms with Crippen LogP contribution in [0.3, 0.4) is 0 Å². The summed E-state index contributed by atoms with van der Waals surface area (Å²) in [5.74, 6) is 6.70. The Hall–Kier alpha value is -1.14. The summed E-state index contributed by atoms with van der Waals surface area (Å²) in [6, 6.07) is 7.99. The van der Waals surface area contributed by atoms with E-state index in [-0.39, 0.29) is 12.1 Å². The zero-order valence-corrected chi connectivity index (χ0v) is 13.0. The van der Waals surface area contributed by atoms with Crippen molar-refractivity contribution in [3.63, 3.8) is 0 Å². The third kappa shape index (κ3) is 4.17. The molecule has 0 aromatic heterocycles. The van der Waals surface area contributed by atoms with Crippen LogP contribution in [0.25, 0.3) is 0 Å². The van der Waals surface area contributed by atoms with Gasteiger partial charge in [0.05, 0.1) is 25.4 Å². The molecule has 0 amide bonds. The molecule has 2 atom stereocenters. The van der Waals surface area contributed by atoms with Crippen LogP contribution >= 0.6 is 0 Å². The van der Waals surface area contributed by atoms with Gasteiger partial charge in [0, 0.05) is 18.7 Å². The van der Waals surface area contributed by atoms with Gasteiger partial charge in [-0.25, -0.2) is 0 Å². The summed E-state index contributed by atoms with van der Waals surface area (Å²) >= 11 is 0. The Balaban J connectivity index is 2.16. The molecule has 1 heterocycles. The first-order chi connectivity index (χ1) is 10.3. The van der Waals surface area contributed by atoms with Crippen LogP contribution in [-0.2, 0) is 4.74 Å². The lowest BCUT2D eigenvalue weighted by Crippen LogP contribution is -2.49. The molecule has 5 heteroatoms. The molecule has 0 saturated carbocycles. The number of rotatable bonds is 7. The maximum absolute atomic E-state index is 5.94. The van der Waals surface area contributed by atoms with Crippen LogP contribution in [0, 0.1) is 0 Å². The van der Waals surface area contributed by atoms with Crippen molar-refractivity contribution in [2.24, 2.45) is 5.84 Å². The topological polar surface area (TPSA) is 59.8 Å². The molecular weight excluding hydrogens is 266 g/mol. The van der Waals surface area contributed by atoms with E-state index < -0.39 is 0 Å². The SMILES string of the molecule is CCCOc1ccccc1C(NN)C1CN(CC)CCO1. The van der Waals surface area contributed by atoms with Gasteiger partial charge in [-0.15, -0.1) is 0 Å². The Labute approximate surface area is 127 Å².